The smallest absolute Gasteiger partial charge is 0.253 e. The highest BCUT2D eigenvalue weighted by atomic mass is 79.9. The first-order valence-corrected chi connectivity index (χ1v) is 9.50. The molecular formula is C20H19BrClN3O2. The maximum Gasteiger partial charge on any atom is 0.253 e. The lowest BCUT2D eigenvalue weighted by atomic mass is 10.1. The zero-order valence-corrected chi connectivity index (χ0v) is 17.4. The van der Waals surface area contributed by atoms with E-state index in [9.17, 15) is 4.79 Å². The van der Waals surface area contributed by atoms with Gasteiger partial charge in [0.1, 0.15) is 12.4 Å². The van der Waals surface area contributed by atoms with Crippen LogP contribution in [-0.2, 0) is 20.2 Å². The summed E-state index contributed by atoms with van der Waals surface area (Å²) in [5.41, 5.74) is 2.48. The van der Waals surface area contributed by atoms with Crippen molar-refractivity contribution in [1.29, 1.82) is 0 Å². The van der Waals surface area contributed by atoms with Gasteiger partial charge in [0.2, 0.25) is 0 Å². The summed E-state index contributed by atoms with van der Waals surface area (Å²) in [6, 6.07) is 14.7. The van der Waals surface area contributed by atoms with Crippen molar-refractivity contribution in [3.8, 4) is 5.75 Å². The number of carbonyl (C=O) groups excluding carboxylic acids is 1. The molecule has 0 N–H and O–H groups in total. The molecule has 0 saturated carbocycles. The second kappa shape index (κ2) is 8.59. The second-order valence-electron chi connectivity index (χ2n) is 6.17. The van der Waals surface area contributed by atoms with Crippen molar-refractivity contribution in [3.63, 3.8) is 0 Å². The predicted octanol–water partition coefficient (Wildman–Crippen LogP) is 4.69. The number of aryl methyl sites for hydroxylation is 1. The highest BCUT2D eigenvalue weighted by Gasteiger charge is 2.16. The summed E-state index contributed by atoms with van der Waals surface area (Å²) in [7, 11) is 3.63. The summed E-state index contributed by atoms with van der Waals surface area (Å²) in [6.45, 7) is 0.834. The van der Waals surface area contributed by atoms with Gasteiger partial charge in [-0.2, -0.15) is 5.10 Å². The summed E-state index contributed by atoms with van der Waals surface area (Å²) >= 11 is 9.34. The first-order chi connectivity index (χ1) is 12.9. The number of amides is 1. The lowest BCUT2D eigenvalue weighted by molar-refractivity contribution is 0.0781. The van der Waals surface area contributed by atoms with Crippen molar-refractivity contribution in [2.75, 3.05) is 7.05 Å². The van der Waals surface area contributed by atoms with Gasteiger partial charge in [0.05, 0.1) is 22.9 Å². The Hall–Kier alpha value is -2.31. The molecule has 0 bridgehead atoms. The number of carbonyl (C=O) groups is 1. The molecule has 3 rings (SSSR count). The molecule has 0 saturated heterocycles. The van der Waals surface area contributed by atoms with Crippen LogP contribution in [0.3, 0.4) is 0 Å². The molecule has 2 aromatic carbocycles. The normalized spacial score (nSPS) is 10.7. The largest absolute Gasteiger partial charge is 0.489 e. The highest BCUT2D eigenvalue weighted by molar-refractivity contribution is 9.10. The second-order valence-corrected chi connectivity index (χ2v) is 7.46. The van der Waals surface area contributed by atoms with Crippen LogP contribution in [0.4, 0.5) is 0 Å². The molecule has 5 nitrogen and oxygen atoms in total. The number of aromatic nitrogens is 2. The van der Waals surface area contributed by atoms with E-state index in [2.05, 4.69) is 21.0 Å². The van der Waals surface area contributed by atoms with E-state index in [4.69, 9.17) is 16.3 Å². The molecule has 27 heavy (non-hydrogen) atoms. The molecule has 0 atom stereocenters. The third kappa shape index (κ3) is 4.90. The number of hydrogen-bond acceptors (Lipinski definition) is 3. The average molecular weight is 449 g/mol. The van der Waals surface area contributed by atoms with E-state index in [1.54, 1.807) is 35.0 Å². The van der Waals surface area contributed by atoms with Crippen molar-refractivity contribution in [2.24, 2.45) is 7.05 Å². The molecule has 0 spiro atoms. The van der Waals surface area contributed by atoms with Crippen LogP contribution in [0, 0.1) is 0 Å². The minimum atomic E-state index is -0.0588. The molecule has 0 radical (unpaired) electrons. The summed E-state index contributed by atoms with van der Waals surface area (Å²) in [4.78, 5) is 14.5. The number of nitrogens with zero attached hydrogens (tertiary/aromatic N) is 3. The van der Waals surface area contributed by atoms with Crippen LogP contribution in [0.1, 0.15) is 21.6 Å². The third-order valence-corrected chi connectivity index (χ3v) is 5.05. The zero-order chi connectivity index (χ0) is 19.4. The van der Waals surface area contributed by atoms with Crippen molar-refractivity contribution in [1.82, 2.24) is 14.7 Å². The van der Waals surface area contributed by atoms with Crippen LogP contribution in [0.25, 0.3) is 0 Å². The molecule has 0 aliphatic carbocycles. The SMILES string of the molecule is CN(Cc1c(Br)cnn1C)C(=O)c1cccc(COc2ccc(Cl)cc2)c1. The lowest BCUT2D eigenvalue weighted by Gasteiger charge is -2.18. The number of ether oxygens (including phenoxy) is 1. The summed E-state index contributed by atoms with van der Waals surface area (Å²) in [6.07, 6.45) is 1.72. The minimum absolute atomic E-state index is 0.0588. The fourth-order valence-electron chi connectivity index (χ4n) is 2.62. The van der Waals surface area contributed by atoms with Crippen LogP contribution in [-0.4, -0.2) is 27.6 Å². The molecule has 140 valence electrons. The Kier molecular flexibility index (Phi) is 6.19. The monoisotopic (exact) mass is 447 g/mol. The number of rotatable bonds is 6. The standard InChI is InChI=1S/C20H19BrClN3O2/c1-24(12-19-18(21)11-23-25(19)2)20(26)15-5-3-4-14(10-15)13-27-17-8-6-16(22)7-9-17/h3-11H,12-13H2,1-2H3. The van der Waals surface area contributed by atoms with E-state index in [0.29, 0.717) is 23.7 Å². The van der Waals surface area contributed by atoms with Gasteiger partial charge in [-0.25, -0.2) is 0 Å². The fourth-order valence-corrected chi connectivity index (χ4v) is 3.22. The average Bonchev–Trinajstić information content (AvgIpc) is 2.99. The van der Waals surface area contributed by atoms with E-state index in [-0.39, 0.29) is 5.91 Å². The van der Waals surface area contributed by atoms with E-state index < -0.39 is 0 Å². The Morgan fingerprint density at radius 3 is 2.67 bits per heavy atom. The Balaban J connectivity index is 1.66. The van der Waals surface area contributed by atoms with E-state index >= 15 is 0 Å². The summed E-state index contributed by atoms with van der Waals surface area (Å²) in [5.74, 6) is 0.672. The molecule has 0 unspecified atom stereocenters. The van der Waals surface area contributed by atoms with Crippen LogP contribution in [0.2, 0.25) is 5.02 Å². The Bertz CT molecular complexity index is 921. The first kappa shape index (κ1) is 19.5. The number of benzene rings is 2. The van der Waals surface area contributed by atoms with E-state index in [0.717, 1.165) is 21.5 Å². The minimum Gasteiger partial charge on any atom is -0.489 e. The molecular weight excluding hydrogens is 430 g/mol. The van der Waals surface area contributed by atoms with Gasteiger partial charge in [0.15, 0.2) is 0 Å². The topological polar surface area (TPSA) is 47.4 Å². The molecule has 1 heterocycles. The maximum absolute atomic E-state index is 12.8. The lowest BCUT2D eigenvalue weighted by Crippen LogP contribution is -2.27. The van der Waals surface area contributed by atoms with Gasteiger partial charge in [-0.3, -0.25) is 9.48 Å². The first-order valence-electron chi connectivity index (χ1n) is 8.33. The van der Waals surface area contributed by atoms with Crippen LogP contribution < -0.4 is 4.74 Å². The van der Waals surface area contributed by atoms with Crippen LogP contribution >= 0.6 is 27.5 Å². The molecule has 1 amide bonds. The molecule has 0 aliphatic heterocycles. The molecule has 0 fully saturated rings. The molecule has 7 heteroatoms. The van der Waals surface area contributed by atoms with Crippen molar-refractivity contribution in [2.45, 2.75) is 13.2 Å². The van der Waals surface area contributed by atoms with Gasteiger partial charge in [-0.05, 0) is 57.9 Å². The molecule has 3 aromatic rings. The number of halogens is 2. The third-order valence-electron chi connectivity index (χ3n) is 4.14. The van der Waals surface area contributed by atoms with Gasteiger partial charge < -0.3 is 9.64 Å². The van der Waals surface area contributed by atoms with Crippen molar-refractivity contribution < 1.29 is 9.53 Å². The molecule has 0 aliphatic rings. The summed E-state index contributed by atoms with van der Waals surface area (Å²) < 4.78 is 8.40. The molecule has 1 aromatic heterocycles. The van der Waals surface area contributed by atoms with Crippen molar-refractivity contribution in [3.05, 3.63) is 81.0 Å². The summed E-state index contributed by atoms with van der Waals surface area (Å²) in [5, 5.41) is 4.85. The van der Waals surface area contributed by atoms with Crippen molar-refractivity contribution >= 4 is 33.4 Å². The van der Waals surface area contributed by atoms with Gasteiger partial charge >= 0.3 is 0 Å². The van der Waals surface area contributed by atoms with Crippen LogP contribution in [0.5, 0.6) is 5.75 Å². The maximum atomic E-state index is 12.8. The van der Waals surface area contributed by atoms with E-state index in [1.165, 1.54) is 0 Å². The van der Waals surface area contributed by atoms with Gasteiger partial charge in [0, 0.05) is 24.7 Å². The predicted molar refractivity (Wildman–Crippen MR) is 109 cm³/mol. The van der Waals surface area contributed by atoms with Gasteiger partial charge in [0.25, 0.3) is 5.91 Å². The number of hydrogen-bond donors (Lipinski definition) is 0. The van der Waals surface area contributed by atoms with Crippen LogP contribution in [0.15, 0.2) is 59.2 Å². The highest BCUT2D eigenvalue weighted by Crippen LogP contribution is 2.19. The Morgan fingerprint density at radius 2 is 2.00 bits per heavy atom. The van der Waals surface area contributed by atoms with E-state index in [1.807, 2.05) is 43.4 Å². The quantitative estimate of drug-likeness (QED) is 0.550. The Morgan fingerprint density at radius 1 is 1.26 bits per heavy atom. The fraction of sp³-hybridized carbons (Fsp3) is 0.200. The van der Waals surface area contributed by atoms with Gasteiger partial charge in [-0.1, -0.05) is 23.7 Å². The van der Waals surface area contributed by atoms with Gasteiger partial charge in [-0.15, -0.1) is 0 Å². The zero-order valence-electron chi connectivity index (χ0n) is 15.0. The Labute approximate surface area is 171 Å².